The van der Waals surface area contributed by atoms with E-state index in [0.717, 1.165) is 23.3 Å². The zero-order valence-electron chi connectivity index (χ0n) is 14.9. The topological polar surface area (TPSA) is 64.6 Å². The van der Waals surface area contributed by atoms with Gasteiger partial charge < -0.3 is 14.8 Å². The first kappa shape index (κ1) is 19.2. The van der Waals surface area contributed by atoms with Crippen molar-refractivity contribution in [1.29, 1.82) is 0 Å². The molecule has 0 fully saturated rings. The number of rotatable bonds is 9. The summed E-state index contributed by atoms with van der Waals surface area (Å²) in [6, 6.07) is 14.4. The van der Waals surface area contributed by atoms with Crippen molar-refractivity contribution in [2.24, 2.45) is 0 Å². The Morgan fingerprint density at radius 3 is 2.31 bits per heavy atom. The van der Waals surface area contributed by atoms with Gasteiger partial charge in [0.2, 0.25) is 5.91 Å². The number of carbonyl (C=O) groups is 2. The number of ether oxygens (including phenoxy) is 2. The first-order valence-corrected chi connectivity index (χ1v) is 8.50. The molecule has 2 aromatic carbocycles. The van der Waals surface area contributed by atoms with Crippen LogP contribution in [0.4, 0.5) is 0 Å². The van der Waals surface area contributed by atoms with Crippen LogP contribution in [0.3, 0.4) is 0 Å². The number of nitrogens with one attached hydrogen (secondary N) is 1. The minimum Gasteiger partial charge on any atom is -0.494 e. The molecule has 0 aliphatic rings. The molecule has 0 radical (unpaired) electrons. The van der Waals surface area contributed by atoms with Crippen LogP contribution in [0.2, 0.25) is 0 Å². The molecule has 5 heteroatoms. The van der Waals surface area contributed by atoms with Crippen molar-refractivity contribution in [3.8, 4) is 5.75 Å². The second-order valence-corrected chi connectivity index (χ2v) is 5.69. The Hall–Kier alpha value is -3.08. The quantitative estimate of drug-likeness (QED) is 0.552. The molecule has 5 nitrogen and oxygen atoms in total. The van der Waals surface area contributed by atoms with Crippen LogP contribution in [0.5, 0.6) is 5.75 Å². The minimum absolute atomic E-state index is 0.198. The molecule has 0 spiro atoms. The van der Waals surface area contributed by atoms with Gasteiger partial charge >= 0.3 is 5.97 Å². The van der Waals surface area contributed by atoms with Crippen LogP contribution in [-0.4, -0.2) is 18.5 Å². The summed E-state index contributed by atoms with van der Waals surface area (Å²) in [5.41, 5.74) is 2.25. The number of hydrogen-bond acceptors (Lipinski definition) is 4. The molecule has 26 heavy (non-hydrogen) atoms. The van der Waals surface area contributed by atoms with E-state index in [0.29, 0.717) is 18.7 Å². The molecule has 0 aromatic heterocycles. The van der Waals surface area contributed by atoms with E-state index in [9.17, 15) is 9.59 Å². The lowest BCUT2D eigenvalue weighted by Crippen LogP contribution is -2.19. The highest BCUT2D eigenvalue weighted by Gasteiger charge is 2.08. The van der Waals surface area contributed by atoms with E-state index >= 15 is 0 Å². The van der Waals surface area contributed by atoms with E-state index in [-0.39, 0.29) is 12.5 Å². The first-order chi connectivity index (χ1) is 12.6. The van der Waals surface area contributed by atoms with Crippen LogP contribution >= 0.6 is 0 Å². The third-order valence-electron chi connectivity index (χ3n) is 3.61. The predicted molar refractivity (Wildman–Crippen MR) is 99.8 cm³/mol. The van der Waals surface area contributed by atoms with Crippen molar-refractivity contribution in [1.82, 2.24) is 5.32 Å². The number of carbonyl (C=O) groups excluding carboxylic acids is 2. The Labute approximate surface area is 153 Å². The van der Waals surface area contributed by atoms with E-state index in [1.807, 2.05) is 24.3 Å². The maximum atomic E-state index is 12.1. The number of hydrogen-bond donors (Lipinski definition) is 1. The smallest absolute Gasteiger partial charge is 0.338 e. The van der Waals surface area contributed by atoms with Crippen LogP contribution in [0.15, 0.2) is 61.2 Å². The van der Waals surface area contributed by atoms with Gasteiger partial charge in [-0.25, -0.2) is 4.79 Å². The maximum Gasteiger partial charge on any atom is 0.338 e. The second-order valence-electron chi connectivity index (χ2n) is 5.69. The van der Waals surface area contributed by atoms with Gasteiger partial charge in [-0.1, -0.05) is 37.8 Å². The molecule has 1 N–H and O–H groups in total. The molecule has 0 heterocycles. The van der Waals surface area contributed by atoms with Crippen molar-refractivity contribution in [3.05, 3.63) is 77.9 Å². The van der Waals surface area contributed by atoms with Gasteiger partial charge in [0, 0.05) is 6.54 Å². The van der Waals surface area contributed by atoms with Gasteiger partial charge in [-0.2, -0.15) is 0 Å². The third-order valence-corrected chi connectivity index (χ3v) is 3.61. The fourth-order valence-electron chi connectivity index (χ4n) is 2.15. The van der Waals surface area contributed by atoms with Gasteiger partial charge in [0.25, 0.3) is 0 Å². The zero-order chi connectivity index (χ0) is 18.8. The van der Waals surface area contributed by atoms with E-state index in [1.54, 1.807) is 24.3 Å². The summed E-state index contributed by atoms with van der Waals surface area (Å²) in [5, 5.41) is 2.68. The molecular formula is C21H23NO4. The summed E-state index contributed by atoms with van der Waals surface area (Å²) in [4.78, 5) is 23.3. The van der Waals surface area contributed by atoms with Gasteiger partial charge in [-0.05, 0) is 47.9 Å². The molecule has 0 atom stereocenters. The number of benzene rings is 2. The molecule has 0 aliphatic carbocycles. The Balaban J connectivity index is 1.83. The predicted octanol–water partition coefficient (Wildman–Crippen LogP) is 3.63. The fourth-order valence-corrected chi connectivity index (χ4v) is 2.15. The number of esters is 1. The minimum atomic E-state index is -0.391. The molecule has 0 unspecified atom stereocenters. The average Bonchev–Trinajstić information content (AvgIpc) is 2.69. The van der Waals surface area contributed by atoms with E-state index in [1.165, 1.54) is 6.08 Å². The van der Waals surface area contributed by atoms with Gasteiger partial charge in [-0.3, -0.25) is 4.79 Å². The summed E-state index contributed by atoms with van der Waals surface area (Å²) >= 11 is 0. The van der Waals surface area contributed by atoms with Crippen LogP contribution < -0.4 is 10.1 Å². The molecule has 0 saturated heterocycles. The van der Waals surface area contributed by atoms with Crippen molar-refractivity contribution >= 4 is 11.9 Å². The molecule has 0 aliphatic heterocycles. The Kier molecular flexibility index (Phi) is 7.43. The Morgan fingerprint density at radius 1 is 1.04 bits per heavy atom. The van der Waals surface area contributed by atoms with Gasteiger partial charge in [0.05, 0.1) is 12.2 Å². The van der Waals surface area contributed by atoms with E-state index in [2.05, 4.69) is 18.8 Å². The molecule has 0 bridgehead atoms. The fraction of sp³-hybridized carbons (Fsp3) is 0.238. The van der Waals surface area contributed by atoms with Gasteiger partial charge in [0.15, 0.2) is 0 Å². The van der Waals surface area contributed by atoms with Crippen LogP contribution in [0, 0.1) is 0 Å². The summed E-state index contributed by atoms with van der Waals surface area (Å²) in [6.45, 7) is 6.71. The van der Waals surface area contributed by atoms with Gasteiger partial charge in [0.1, 0.15) is 12.4 Å². The Morgan fingerprint density at radius 2 is 1.69 bits per heavy atom. The van der Waals surface area contributed by atoms with Crippen molar-refractivity contribution < 1.29 is 19.1 Å². The normalized spacial score (nSPS) is 10.0. The van der Waals surface area contributed by atoms with Gasteiger partial charge in [-0.15, -0.1) is 0 Å². The van der Waals surface area contributed by atoms with Crippen molar-refractivity contribution in [3.63, 3.8) is 0 Å². The lowest BCUT2D eigenvalue weighted by atomic mass is 10.1. The summed E-state index contributed by atoms with van der Waals surface area (Å²) in [5.74, 6) is 0.179. The van der Waals surface area contributed by atoms with Crippen molar-refractivity contribution in [2.75, 3.05) is 6.61 Å². The highest BCUT2D eigenvalue weighted by molar-refractivity contribution is 5.89. The monoisotopic (exact) mass is 353 g/mol. The SMILES string of the molecule is C=CC(=O)NCc1ccc(C(=O)OCc2ccc(OCCC)cc2)cc1. The summed E-state index contributed by atoms with van der Waals surface area (Å²) in [7, 11) is 0. The van der Waals surface area contributed by atoms with E-state index in [4.69, 9.17) is 9.47 Å². The zero-order valence-corrected chi connectivity index (χ0v) is 14.9. The lowest BCUT2D eigenvalue weighted by Gasteiger charge is -2.08. The number of amides is 1. The summed E-state index contributed by atoms with van der Waals surface area (Å²) in [6.07, 6.45) is 2.17. The molecule has 2 aromatic rings. The summed E-state index contributed by atoms with van der Waals surface area (Å²) < 4.78 is 10.8. The molecular weight excluding hydrogens is 330 g/mol. The van der Waals surface area contributed by atoms with Crippen LogP contribution in [0.25, 0.3) is 0 Å². The van der Waals surface area contributed by atoms with E-state index < -0.39 is 5.97 Å². The standard InChI is InChI=1S/C21H23NO4/c1-3-13-25-19-11-7-17(8-12-19)15-26-21(24)18-9-5-16(6-10-18)14-22-20(23)4-2/h4-12H,2-3,13-15H2,1H3,(H,22,23). The highest BCUT2D eigenvalue weighted by atomic mass is 16.5. The van der Waals surface area contributed by atoms with Crippen LogP contribution in [0.1, 0.15) is 34.8 Å². The van der Waals surface area contributed by atoms with Crippen molar-refractivity contribution in [2.45, 2.75) is 26.5 Å². The molecule has 1 amide bonds. The highest BCUT2D eigenvalue weighted by Crippen LogP contribution is 2.14. The van der Waals surface area contributed by atoms with Crippen LogP contribution in [-0.2, 0) is 22.7 Å². The third kappa shape index (κ3) is 6.09. The maximum absolute atomic E-state index is 12.1. The molecule has 2 rings (SSSR count). The first-order valence-electron chi connectivity index (χ1n) is 8.50. The largest absolute Gasteiger partial charge is 0.494 e. The molecule has 136 valence electrons. The lowest BCUT2D eigenvalue weighted by molar-refractivity contribution is -0.116. The Bertz CT molecular complexity index is 736. The molecule has 0 saturated carbocycles. The average molecular weight is 353 g/mol. The second kappa shape index (κ2) is 10.0.